The first kappa shape index (κ1) is 15.0. The fraction of sp³-hybridized carbons (Fsp3) is 0. The van der Waals surface area contributed by atoms with Crippen molar-refractivity contribution in [3.8, 4) is 0 Å². The van der Waals surface area contributed by atoms with Gasteiger partial charge in [0, 0.05) is 23.1 Å². The Morgan fingerprint density at radius 2 is 1.61 bits per heavy atom. The van der Waals surface area contributed by atoms with Crippen molar-refractivity contribution in [2.24, 2.45) is 0 Å². The van der Waals surface area contributed by atoms with Crippen molar-refractivity contribution in [3.05, 3.63) is 77.6 Å². The van der Waals surface area contributed by atoms with Crippen LogP contribution in [0.15, 0.2) is 67.0 Å². The van der Waals surface area contributed by atoms with Crippen molar-refractivity contribution in [1.29, 1.82) is 0 Å². The van der Waals surface area contributed by atoms with Gasteiger partial charge in [-0.1, -0.05) is 35.9 Å². The first-order chi connectivity index (χ1) is 11.1. The molecule has 0 bridgehead atoms. The second kappa shape index (κ2) is 6.46. The van der Waals surface area contributed by atoms with E-state index in [0.717, 1.165) is 11.4 Å². The molecule has 3 rings (SSSR count). The summed E-state index contributed by atoms with van der Waals surface area (Å²) >= 11 is 6.09. The monoisotopic (exact) mass is 325 g/mol. The van der Waals surface area contributed by atoms with E-state index in [4.69, 9.17) is 16.7 Å². The Kier molecular flexibility index (Phi) is 4.21. The Labute approximate surface area is 137 Å². The molecule has 1 N–H and O–H groups in total. The number of carbonyl (C=O) groups is 1. The van der Waals surface area contributed by atoms with Crippen molar-refractivity contribution in [2.75, 3.05) is 4.90 Å². The molecule has 114 valence electrons. The van der Waals surface area contributed by atoms with Crippen LogP contribution in [0.3, 0.4) is 0 Å². The van der Waals surface area contributed by atoms with Gasteiger partial charge in [0.25, 0.3) is 0 Å². The molecule has 0 radical (unpaired) electrons. The second-order valence-corrected chi connectivity index (χ2v) is 5.16. The number of para-hydroxylation sites is 1. The summed E-state index contributed by atoms with van der Waals surface area (Å²) in [5, 5.41) is 9.56. The highest BCUT2D eigenvalue weighted by Gasteiger charge is 2.15. The molecule has 1 heterocycles. The highest BCUT2D eigenvalue weighted by molar-refractivity contribution is 6.30. The largest absolute Gasteiger partial charge is 0.478 e. The normalized spacial score (nSPS) is 10.3. The standard InChI is InChI=1S/C17H12ClN3O2/c18-13-5-4-8-15(9-13)21(14-6-2-1-3-7-14)17-19-10-12(11-20-17)16(22)23/h1-11H,(H,22,23). The molecule has 6 heteroatoms. The van der Waals surface area contributed by atoms with Crippen LogP contribution >= 0.6 is 11.6 Å². The Bertz CT molecular complexity index is 823. The number of benzene rings is 2. The van der Waals surface area contributed by atoms with Crippen LogP contribution in [-0.4, -0.2) is 21.0 Å². The van der Waals surface area contributed by atoms with E-state index in [2.05, 4.69) is 9.97 Å². The van der Waals surface area contributed by atoms with Gasteiger partial charge in [-0.15, -0.1) is 0 Å². The molecule has 23 heavy (non-hydrogen) atoms. The van der Waals surface area contributed by atoms with Crippen molar-refractivity contribution in [1.82, 2.24) is 9.97 Å². The number of halogens is 1. The van der Waals surface area contributed by atoms with E-state index in [0.29, 0.717) is 11.0 Å². The van der Waals surface area contributed by atoms with Gasteiger partial charge in [-0.2, -0.15) is 0 Å². The average Bonchev–Trinajstić information content (AvgIpc) is 2.57. The van der Waals surface area contributed by atoms with Crippen LogP contribution in [0, 0.1) is 0 Å². The predicted molar refractivity (Wildman–Crippen MR) is 88.7 cm³/mol. The zero-order chi connectivity index (χ0) is 16.2. The molecule has 0 aliphatic heterocycles. The summed E-state index contributed by atoms with van der Waals surface area (Å²) in [7, 11) is 0. The van der Waals surface area contributed by atoms with Crippen LogP contribution in [-0.2, 0) is 0 Å². The van der Waals surface area contributed by atoms with Gasteiger partial charge in [-0.3, -0.25) is 4.90 Å². The molecule has 2 aromatic carbocycles. The summed E-state index contributed by atoms with van der Waals surface area (Å²) < 4.78 is 0. The third-order valence-corrected chi connectivity index (χ3v) is 3.40. The summed E-state index contributed by atoms with van der Waals surface area (Å²) in [6, 6.07) is 16.8. The van der Waals surface area contributed by atoms with Crippen LogP contribution in [0.1, 0.15) is 10.4 Å². The molecule has 0 saturated heterocycles. The van der Waals surface area contributed by atoms with Crippen molar-refractivity contribution >= 4 is 34.9 Å². The Morgan fingerprint density at radius 1 is 0.957 bits per heavy atom. The third kappa shape index (κ3) is 3.30. The number of aromatic nitrogens is 2. The average molecular weight is 326 g/mol. The molecule has 0 atom stereocenters. The molecule has 0 spiro atoms. The molecule has 0 fully saturated rings. The summed E-state index contributed by atoms with van der Waals surface area (Å²) in [5.41, 5.74) is 1.66. The lowest BCUT2D eigenvalue weighted by molar-refractivity contribution is 0.0696. The zero-order valence-electron chi connectivity index (χ0n) is 11.9. The number of carboxylic acid groups (broad SMARTS) is 1. The zero-order valence-corrected chi connectivity index (χ0v) is 12.7. The third-order valence-electron chi connectivity index (χ3n) is 3.17. The van der Waals surface area contributed by atoms with Crippen molar-refractivity contribution in [3.63, 3.8) is 0 Å². The Hall–Kier alpha value is -2.92. The van der Waals surface area contributed by atoms with E-state index in [1.54, 1.807) is 17.0 Å². The maximum atomic E-state index is 11.0. The van der Waals surface area contributed by atoms with Crippen molar-refractivity contribution in [2.45, 2.75) is 0 Å². The number of hydrogen-bond acceptors (Lipinski definition) is 4. The maximum absolute atomic E-state index is 11.0. The van der Waals surface area contributed by atoms with E-state index in [9.17, 15) is 4.79 Å². The minimum Gasteiger partial charge on any atom is -0.478 e. The summed E-state index contributed by atoms with van der Waals surface area (Å²) in [4.78, 5) is 21.1. The first-order valence-electron chi connectivity index (χ1n) is 6.81. The lowest BCUT2D eigenvalue weighted by Crippen LogP contribution is -2.14. The summed E-state index contributed by atoms with van der Waals surface area (Å²) in [6.07, 6.45) is 2.57. The predicted octanol–water partition coefficient (Wildman–Crippen LogP) is 4.30. The molecule has 0 unspecified atom stereocenters. The molecule has 5 nitrogen and oxygen atoms in total. The highest BCUT2D eigenvalue weighted by Crippen LogP contribution is 2.32. The topological polar surface area (TPSA) is 66.3 Å². The minimum atomic E-state index is -1.06. The van der Waals surface area contributed by atoms with Gasteiger partial charge in [0.2, 0.25) is 5.95 Å². The fourth-order valence-corrected chi connectivity index (χ4v) is 2.30. The van der Waals surface area contributed by atoms with E-state index < -0.39 is 5.97 Å². The first-order valence-corrected chi connectivity index (χ1v) is 7.19. The van der Waals surface area contributed by atoms with E-state index in [1.807, 2.05) is 42.5 Å². The number of hydrogen-bond donors (Lipinski definition) is 1. The Balaban J connectivity index is 2.10. The van der Waals surface area contributed by atoms with Gasteiger partial charge < -0.3 is 5.11 Å². The fourth-order valence-electron chi connectivity index (χ4n) is 2.12. The summed E-state index contributed by atoms with van der Waals surface area (Å²) in [5.74, 6) is -0.700. The molecule has 0 aliphatic rings. The number of anilines is 3. The van der Waals surface area contributed by atoms with Crippen LogP contribution < -0.4 is 4.90 Å². The lowest BCUT2D eigenvalue weighted by Gasteiger charge is -2.23. The lowest BCUT2D eigenvalue weighted by atomic mass is 10.2. The smallest absolute Gasteiger partial charge is 0.338 e. The van der Waals surface area contributed by atoms with Crippen LogP contribution in [0.2, 0.25) is 5.02 Å². The quantitative estimate of drug-likeness (QED) is 0.774. The van der Waals surface area contributed by atoms with Crippen molar-refractivity contribution < 1.29 is 9.90 Å². The molecular formula is C17H12ClN3O2. The SMILES string of the molecule is O=C(O)c1cnc(N(c2ccccc2)c2cccc(Cl)c2)nc1. The Morgan fingerprint density at radius 3 is 2.22 bits per heavy atom. The number of aromatic carboxylic acids is 1. The van der Waals surface area contributed by atoms with Crippen LogP contribution in [0.5, 0.6) is 0 Å². The van der Waals surface area contributed by atoms with Gasteiger partial charge in [-0.05, 0) is 30.3 Å². The minimum absolute atomic E-state index is 0.0351. The van der Waals surface area contributed by atoms with Gasteiger partial charge in [0.1, 0.15) is 0 Å². The number of carboxylic acids is 1. The maximum Gasteiger partial charge on any atom is 0.338 e. The molecular weight excluding hydrogens is 314 g/mol. The van der Waals surface area contributed by atoms with Crippen LogP contribution in [0.4, 0.5) is 17.3 Å². The molecule has 3 aromatic rings. The van der Waals surface area contributed by atoms with Gasteiger partial charge in [-0.25, -0.2) is 14.8 Å². The molecule has 1 aromatic heterocycles. The van der Waals surface area contributed by atoms with Crippen LogP contribution in [0.25, 0.3) is 0 Å². The van der Waals surface area contributed by atoms with Gasteiger partial charge in [0.15, 0.2) is 0 Å². The van der Waals surface area contributed by atoms with Gasteiger partial charge in [0.05, 0.1) is 11.3 Å². The number of rotatable bonds is 4. The molecule has 0 aliphatic carbocycles. The number of nitrogens with zero attached hydrogens (tertiary/aromatic N) is 3. The summed E-state index contributed by atoms with van der Waals surface area (Å²) in [6.45, 7) is 0. The van der Waals surface area contributed by atoms with Gasteiger partial charge >= 0.3 is 5.97 Å². The van der Waals surface area contributed by atoms with E-state index in [1.165, 1.54) is 12.4 Å². The van der Waals surface area contributed by atoms with E-state index in [-0.39, 0.29) is 5.56 Å². The molecule has 0 amide bonds. The molecule has 0 saturated carbocycles. The van der Waals surface area contributed by atoms with E-state index >= 15 is 0 Å². The second-order valence-electron chi connectivity index (χ2n) is 4.73. The highest BCUT2D eigenvalue weighted by atomic mass is 35.5.